The van der Waals surface area contributed by atoms with E-state index in [0.717, 1.165) is 5.76 Å². The fraction of sp³-hybridized carbons (Fsp3) is 0.125. The van der Waals surface area contributed by atoms with Gasteiger partial charge in [0.2, 0.25) is 0 Å². The minimum Gasteiger partial charge on any atom is -0.489 e. The van der Waals surface area contributed by atoms with Gasteiger partial charge in [0.25, 0.3) is 0 Å². The van der Waals surface area contributed by atoms with Gasteiger partial charge in [-0.2, -0.15) is 0 Å². The van der Waals surface area contributed by atoms with Gasteiger partial charge in [0, 0.05) is 0 Å². The lowest BCUT2D eigenvalue weighted by molar-refractivity contribution is 0.308. The third-order valence-corrected chi connectivity index (χ3v) is 1.01. The summed E-state index contributed by atoms with van der Waals surface area (Å²) in [5.74, 6) is 0.764. The van der Waals surface area contributed by atoms with Crippen LogP contribution in [0.25, 0.3) is 0 Å². The van der Waals surface area contributed by atoms with Gasteiger partial charge in [-0.15, -0.1) is 0 Å². The lowest BCUT2D eigenvalue weighted by Crippen LogP contribution is -1.75. The first-order chi connectivity index (χ1) is 4.43. The van der Waals surface area contributed by atoms with Crippen LogP contribution in [0.2, 0.25) is 0 Å². The summed E-state index contributed by atoms with van der Waals surface area (Å²) in [6, 6.07) is 0. The van der Waals surface area contributed by atoms with Gasteiger partial charge in [0.1, 0.15) is 0 Å². The van der Waals surface area contributed by atoms with Crippen molar-refractivity contribution in [2.45, 2.75) is 0 Å². The van der Waals surface area contributed by atoms with E-state index in [9.17, 15) is 0 Å². The van der Waals surface area contributed by atoms with E-state index in [1.807, 2.05) is 30.4 Å². The molecule has 0 unspecified atom stereocenters. The van der Waals surface area contributed by atoms with E-state index in [0.29, 0.717) is 0 Å². The molecular weight excluding hydrogens is 112 g/mol. The first-order valence-electron chi connectivity index (χ1n) is 2.77. The largest absolute Gasteiger partial charge is 0.489 e. The zero-order valence-electron chi connectivity index (χ0n) is 5.29. The predicted octanol–water partition coefficient (Wildman–Crippen LogP) is 1.80. The molecule has 0 aromatic heterocycles. The molecule has 46 valence electrons. The summed E-state index contributed by atoms with van der Waals surface area (Å²) < 4.78 is 4.92. The Kier molecular flexibility index (Phi) is 1.95. The van der Waals surface area contributed by atoms with Crippen LogP contribution in [0.15, 0.2) is 41.9 Å². The van der Waals surface area contributed by atoms with Crippen LogP contribution in [0, 0.1) is 0 Å². The molecule has 0 amide bonds. The van der Waals surface area contributed by atoms with Crippen LogP contribution >= 0.6 is 0 Å². The van der Waals surface area contributed by atoms with Crippen LogP contribution in [0.4, 0.5) is 0 Å². The maximum absolute atomic E-state index is 4.92. The van der Waals surface area contributed by atoms with Crippen molar-refractivity contribution in [3.8, 4) is 0 Å². The highest BCUT2D eigenvalue weighted by Gasteiger charge is 1.83. The quantitative estimate of drug-likeness (QED) is 0.479. The highest BCUT2D eigenvalue weighted by atomic mass is 16.5. The minimum atomic E-state index is 0.764. The third-order valence-electron chi connectivity index (χ3n) is 1.01. The van der Waals surface area contributed by atoms with E-state index in [1.165, 1.54) is 0 Å². The molecule has 1 aliphatic carbocycles. The Balaban J connectivity index is 2.84. The van der Waals surface area contributed by atoms with Crippen molar-refractivity contribution in [1.29, 1.82) is 0 Å². The highest BCUT2D eigenvalue weighted by molar-refractivity contribution is 5.23. The average Bonchev–Trinajstić information content (AvgIpc) is 2.13. The molecular formula is C8H8O. The molecule has 0 bridgehead atoms. The molecule has 1 nitrogen and oxygen atoms in total. The minimum absolute atomic E-state index is 0.764. The molecule has 0 spiro atoms. The van der Waals surface area contributed by atoms with Gasteiger partial charge in [-0.05, 0) is 12.2 Å². The van der Waals surface area contributed by atoms with E-state index in [1.54, 1.807) is 7.11 Å². The lowest BCUT2D eigenvalue weighted by atomic mass is 10.4. The SMILES string of the molecule is COC1=C=CC=CC=C1. The van der Waals surface area contributed by atoms with Crippen molar-refractivity contribution in [2.75, 3.05) is 7.11 Å². The molecule has 0 aromatic carbocycles. The summed E-state index contributed by atoms with van der Waals surface area (Å²) in [5.41, 5.74) is 2.93. The fourth-order valence-corrected chi connectivity index (χ4v) is 0.568. The van der Waals surface area contributed by atoms with Crippen molar-refractivity contribution in [1.82, 2.24) is 0 Å². The van der Waals surface area contributed by atoms with Crippen LogP contribution < -0.4 is 0 Å². The Hall–Kier alpha value is -1.20. The fourth-order valence-electron chi connectivity index (χ4n) is 0.568. The average molecular weight is 120 g/mol. The second-order valence-corrected chi connectivity index (χ2v) is 1.62. The monoisotopic (exact) mass is 120 g/mol. The van der Waals surface area contributed by atoms with Crippen LogP contribution in [0.1, 0.15) is 0 Å². The second kappa shape index (κ2) is 2.95. The van der Waals surface area contributed by atoms with E-state index in [4.69, 9.17) is 4.74 Å². The van der Waals surface area contributed by atoms with Crippen molar-refractivity contribution in [3.05, 3.63) is 41.9 Å². The highest BCUT2D eigenvalue weighted by Crippen LogP contribution is 1.97. The Morgan fingerprint density at radius 3 is 3.00 bits per heavy atom. The predicted molar refractivity (Wildman–Crippen MR) is 36.9 cm³/mol. The molecule has 0 saturated heterocycles. The van der Waals surface area contributed by atoms with Gasteiger partial charge < -0.3 is 4.74 Å². The standard InChI is InChI=1S/C8H8O/c1-9-8-6-4-2-3-5-7-8/h2-6H,1H3. The maximum Gasteiger partial charge on any atom is 0.161 e. The zero-order valence-corrected chi connectivity index (χ0v) is 5.29. The molecule has 1 heteroatoms. The smallest absolute Gasteiger partial charge is 0.161 e. The molecule has 0 aromatic rings. The summed E-state index contributed by atoms with van der Waals surface area (Å²) >= 11 is 0. The van der Waals surface area contributed by atoms with Crippen molar-refractivity contribution in [2.24, 2.45) is 0 Å². The molecule has 0 aliphatic heterocycles. The lowest BCUT2D eigenvalue weighted by Gasteiger charge is -1.91. The first kappa shape index (κ1) is 5.93. The molecule has 0 radical (unpaired) electrons. The third kappa shape index (κ3) is 1.63. The molecule has 0 fully saturated rings. The van der Waals surface area contributed by atoms with Crippen molar-refractivity contribution in [3.63, 3.8) is 0 Å². The number of hydrogen-bond donors (Lipinski definition) is 0. The van der Waals surface area contributed by atoms with Gasteiger partial charge >= 0.3 is 0 Å². The molecule has 0 saturated carbocycles. The second-order valence-electron chi connectivity index (χ2n) is 1.62. The van der Waals surface area contributed by atoms with Crippen LogP contribution in [-0.4, -0.2) is 7.11 Å². The topological polar surface area (TPSA) is 9.23 Å². The molecule has 0 heterocycles. The molecule has 9 heavy (non-hydrogen) atoms. The van der Waals surface area contributed by atoms with Crippen molar-refractivity contribution >= 4 is 0 Å². The van der Waals surface area contributed by atoms with E-state index < -0.39 is 0 Å². The number of allylic oxidation sites excluding steroid dienone is 4. The zero-order chi connectivity index (χ0) is 6.53. The summed E-state index contributed by atoms with van der Waals surface area (Å²) in [7, 11) is 1.63. The van der Waals surface area contributed by atoms with E-state index in [-0.39, 0.29) is 0 Å². The first-order valence-corrected chi connectivity index (χ1v) is 2.77. The van der Waals surface area contributed by atoms with E-state index >= 15 is 0 Å². The Labute approximate surface area is 54.6 Å². The Morgan fingerprint density at radius 2 is 2.22 bits per heavy atom. The number of ether oxygens (including phenoxy) is 1. The summed E-state index contributed by atoms with van der Waals surface area (Å²) in [6.07, 6.45) is 9.43. The maximum atomic E-state index is 4.92. The van der Waals surface area contributed by atoms with Crippen molar-refractivity contribution < 1.29 is 4.74 Å². The Bertz CT molecular complexity index is 203. The normalized spacial score (nSPS) is 15.0. The molecule has 1 rings (SSSR count). The van der Waals surface area contributed by atoms with Crippen LogP contribution in [-0.2, 0) is 4.74 Å². The van der Waals surface area contributed by atoms with Gasteiger partial charge in [-0.3, -0.25) is 0 Å². The number of hydrogen-bond acceptors (Lipinski definition) is 1. The summed E-state index contributed by atoms with van der Waals surface area (Å²) in [4.78, 5) is 0. The van der Waals surface area contributed by atoms with Gasteiger partial charge in [-0.1, -0.05) is 24.0 Å². The molecule has 0 N–H and O–H groups in total. The summed E-state index contributed by atoms with van der Waals surface area (Å²) in [6.45, 7) is 0. The Morgan fingerprint density at radius 1 is 1.33 bits per heavy atom. The van der Waals surface area contributed by atoms with E-state index in [2.05, 4.69) is 5.73 Å². The van der Waals surface area contributed by atoms with Gasteiger partial charge in [0.05, 0.1) is 7.11 Å². The van der Waals surface area contributed by atoms with Crippen LogP contribution in [0.5, 0.6) is 0 Å². The van der Waals surface area contributed by atoms with Gasteiger partial charge in [0.15, 0.2) is 5.76 Å². The van der Waals surface area contributed by atoms with Crippen LogP contribution in [0.3, 0.4) is 0 Å². The molecule has 1 aliphatic rings. The number of rotatable bonds is 1. The van der Waals surface area contributed by atoms with Gasteiger partial charge in [-0.25, -0.2) is 0 Å². The summed E-state index contributed by atoms with van der Waals surface area (Å²) in [5, 5.41) is 0. The number of methoxy groups -OCH3 is 1. The molecule has 0 atom stereocenters.